The minimum atomic E-state index is -4.78. The van der Waals surface area contributed by atoms with Crippen LogP contribution in [0.1, 0.15) is 31.7 Å². The SMILES string of the molecule is CCCCCN1CCN(C(=O)OCc2ccccc2OC(F)(F)F)CC1. The van der Waals surface area contributed by atoms with Crippen molar-refractivity contribution >= 4 is 6.09 Å². The maximum absolute atomic E-state index is 12.4. The molecule has 1 amide bonds. The second kappa shape index (κ2) is 9.66. The first-order valence-electron chi connectivity index (χ1n) is 8.86. The fraction of sp³-hybridized carbons (Fsp3) is 0.611. The van der Waals surface area contributed by atoms with Crippen LogP contribution in [0.2, 0.25) is 0 Å². The van der Waals surface area contributed by atoms with Crippen molar-refractivity contribution in [2.24, 2.45) is 0 Å². The topological polar surface area (TPSA) is 42.0 Å². The molecule has 1 aromatic carbocycles. The van der Waals surface area contributed by atoms with E-state index in [1.165, 1.54) is 31.0 Å². The number of benzene rings is 1. The van der Waals surface area contributed by atoms with E-state index < -0.39 is 12.5 Å². The molecule has 146 valence electrons. The first-order chi connectivity index (χ1) is 12.4. The molecule has 0 aromatic heterocycles. The van der Waals surface area contributed by atoms with E-state index >= 15 is 0 Å². The molecule has 0 atom stereocenters. The van der Waals surface area contributed by atoms with Crippen LogP contribution >= 0.6 is 0 Å². The van der Waals surface area contributed by atoms with E-state index in [4.69, 9.17) is 4.74 Å². The van der Waals surface area contributed by atoms with Crippen LogP contribution in [0.15, 0.2) is 24.3 Å². The summed E-state index contributed by atoms with van der Waals surface area (Å²) in [6, 6.07) is 5.65. The van der Waals surface area contributed by atoms with Gasteiger partial charge in [0.25, 0.3) is 0 Å². The Morgan fingerprint density at radius 1 is 1.12 bits per heavy atom. The van der Waals surface area contributed by atoms with Crippen molar-refractivity contribution in [2.75, 3.05) is 32.7 Å². The summed E-state index contributed by atoms with van der Waals surface area (Å²) in [5.74, 6) is -0.353. The number of hydrogen-bond acceptors (Lipinski definition) is 4. The summed E-state index contributed by atoms with van der Waals surface area (Å²) >= 11 is 0. The smallest absolute Gasteiger partial charge is 0.444 e. The number of alkyl halides is 3. The molecule has 1 aromatic rings. The highest BCUT2D eigenvalue weighted by Crippen LogP contribution is 2.26. The van der Waals surface area contributed by atoms with Crippen LogP contribution in [0.5, 0.6) is 5.75 Å². The Bertz CT molecular complexity index is 573. The second-order valence-electron chi connectivity index (χ2n) is 6.25. The van der Waals surface area contributed by atoms with Crippen LogP contribution < -0.4 is 4.74 Å². The summed E-state index contributed by atoms with van der Waals surface area (Å²) in [6.07, 6.45) is -1.78. The van der Waals surface area contributed by atoms with E-state index in [9.17, 15) is 18.0 Å². The molecule has 26 heavy (non-hydrogen) atoms. The number of piperazine rings is 1. The van der Waals surface area contributed by atoms with E-state index in [0.717, 1.165) is 26.1 Å². The number of amides is 1. The number of unbranched alkanes of at least 4 members (excludes halogenated alkanes) is 2. The standard InChI is InChI=1S/C18H25F3N2O3/c1-2-3-6-9-22-10-12-23(13-11-22)17(24)25-14-15-7-4-5-8-16(15)26-18(19,20)21/h4-5,7-8H,2-3,6,9-14H2,1H3. The number of para-hydroxylation sites is 1. The molecule has 2 rings (SSSR count). The fourth-order valence-electron chi connectivity index (χ4n) is 2.82. The van der Waals surface area contributed by atoms with Crippen LogP contribution in [0.3, 0.4) is 0 Å². The summed E-state index contributed by atoms with van der Waals surface area (Å²) in [5.41, 5.74) is 0.177. The van der Waals surface area contributed by atoms with Gasteiger partial charge in [-0.3, -0.25) is 4.90 Å². The number of halogens is 3. The second-order valence-corrected chi connectivity index (χ2v) is 6.25. The molecule has 1 aliphatic heterocycles. The van der Waals surface area contributed by atoms with Gasteiger partial charge < -0.3 is 14.4 Å². The van der Waals surface area contributed by atoms with Crippen molar-refractivity contribution in [3.8, 4) is 5.75 Å². The third kappa shape index (κ3) is 6.74. The van der Waals surface area contributed by atoms with Crippen LogP contribution in [-0.2, 0) is 11.3 Å². The van der Waals surface area contributed by atoms with Gasteiger partial charge in [0.15, 0.2) is 0 Å². The average molecular weight is 374 g/mol. The molecular formula is C18H25F3N2O3. The summed E-state index contributed by atoms with van der Waals surface area (Å²) in [5, 5.41) is 0. The summed E-state index contributed by atoms with van der Waals surface area (Å²) in [6.45, 7) is 5.61. The first-order valence-corrected chi connectivity index (χ1v) is 8.86. The zero-order chi connectivity index (χ0) is 19.0. The predicted molar refractivity (Wildman–Crippen MR) is 90.8 cm³/mol. The molecule has 8 heteroatoms. The molecule has 0 spiro atoms. The Labute approximate surface area is 151 Å². The van der Waals surface area contributed by atoms with Crippen LogP contribution in [0, 0.1) is 0 Å². The maximum Gasteiger partial charge on any atom is 0.573 e. The molecule has 1 aliphatic rings. The molecule has 0 radical (unpaired) electrons. The minimum Gasteiger partial charge on any atom is -0.444 e. The molecule has 0 N–H and O–H groups in total. The van der Waals surface area contributed by atoms with Crippen molar-refractivity contribution in [3.05, 3.63) is 29.8 Å². The molecule has 0 saturated carbocycles. The van der Waals surface area contributed by atoms with Crippen molar-refractivity contribution in [3.63, 3.8) is 0 Å². The van der Waals surface area contributed by atoms with Crippen LogP contribution in [-0.4, -0.2) is 55.0 Å². The highest BCUT2D eigenvalue weighted by Gasteiger charge is 2.32. The normalized spacial score (nSPS) is 15.8. The predicted octanol–water partition coefficient (Wildman–Crippen LogP) is 4.03. The average Bonchev–Trinajstić information content (AvgIpc) is 2.60. The van der Waals surface area contributed by atoms with Crippen LogP contribution in [0.25, 0.3) is 0 Å². The first kappa shape index (κ1) is 20.4. The van der Waals surface area contributed by atoms with Gasteiger partial charge in [-0.2, -0.15) is 0 Å². The molecule has 1 fully saturated rings. The van der Waals surface area contributed by atoms with E-state index in [0.29, 0.717) is 13.1 Å². The Morgan fingerprint density at radius 2 is 1.81 bits per heavy atom. The van der Waals surface area contributed by atoms with Gasteiger partial charge >= 0.3 is 12.5 Å². The van der Waals surface area contributed by atoms with E-state index in [-0.39, 0.29) is 17.9 Å². The van der Waals surface area contributed by atoms with Gasteiger partial charge in [0.2, 0.25) is 0 Å². The number of ether oxygens (including phenoxy) is 2. The zero-order valence-electron chi connectivity index (χ0n) is 14.9. The maximum atomic E-state index is 12.4. The summed E-state index contributed by atoms with van der Waals surface area (Å²) in [7, 11) is 0. The van der Waals surface area contributed by atoms with Gasteiger partial charge in [0, 0.05) is 31.7 Å². The van der Waals surface area contributed by atoms with Crippen LogP contribution in [0.4, 0.5) is 18.0 Å². The Balaban J connectivity index is 1.79. The number of nitrogens with zero attached hydrogens (tertiary/aromatic N) is 2. The molecule has 1 heterocycles. The van der Waals surface area contributed by atoms with E-state index in [1.54, 1.807) is 11.0 Å². The van der Waals surface area contributed by atoms with Crippen molar-refractivity contribution in [2.45, 2.75) is 39.2 Å². The largest absolute Gasteiger partial charge is 0.573 e. The van der Waals surface area contributed by atoms with Crippen molar-refractivity contribution in [1.29, 1.82) is 0 Å². The molecule has 0 bridgehead atoms. The van der Waals surface area contributed by atoms with Crippen molar-refractivity contribution in [1.82, 2.24) is 9.80 Å². The lowest BCUT2D eigenvalue weighted by molar-refractivity contribution is -0.275. The number of rotatable bonds is 7. The molecule has 1 saturated heterocycles. The number of hydrogen-bond donors (Lipinski definition) is 0. The van der Waals surface area contributed by atoms with Gasteiger partial charge in [-0.25, -0.2) is 4.79 Å². The lowest BCUT2D eigenvalue weighted by Gasteiger charge is -2.34. The zero-order valence-corrected chi connectivity index (χ0v) is 14.9. The monoisotopic (exact) mass is 374 g/mol. The third-order valence-electron chi connectivity index (χ3n) is 4.26. The Hall–Kier alpha value is -1.96. The number of carbonyl (C=O) groups excluding carboxylic acids is 1. The highest BCUT2D eigenvalue weighted by atomic mass is 19.4. The van der Waals surface area contributed by atoms with Gasteiger partial charge in [-0.1, -0.05) is 38.0 Å². The number of carbonyl (C=O) groups is 1. The van der Waals surface area contributed by atoms with Gasteiger partial charge in [-0.15, -0.1) is 13.2 Å². The highest BCUT2D eigenvalue weighted by molar-refractivity contribution is 5.67. The minimum absolute atomic E-state index is 0.177. The van der Waals surface area contributed by atoms with Crippen molar-refractivity contribution < 1.29 is 27.4 Å². The quantitative estimate of drug-likeness (QED) is 0.676. The Kier molecular flexibility index (Phi) is 7.56. The van der Waals surface area contributed by atoms with Gasteiger partial charge in [0.1, 0.15) is 12.4 Å². The lowest BCUT2D eigenvalue weighted by atomic mass is 10.2. The van der Waals surface area contributed by atoms with E-state index in [1.807, 2.05) is 0 Å². The molecule has 5 nitrogen and oxygen atoms in total. The third-order valence-corrected chi connectivity index (χ3v) is 4.26. The Morgan fingerprint density at radius 3 is 2.46 bits per heavy atom. The molecule has 0 unspecified atom stereocenters. The molecular weight excluding hydrogens is 349 g/mol. The van der Waals surface area contributed by atoms with Gasteiger partial charge in [-0.05, 0) is 19.0 Å². The molecule has 0 aliphatic carbocycles. The summed E-state index contributed by atoms with van der Waals surface area (Å²) < 4.78 is 46.4. The van der Waals surface area contributed by atoms with Gasteiger partial charge in [0.05, 0.1) is 0 Å². The van der Waals surface area contributed by atoms with E-state index in [2.05, 4.69) is 16.6 Å². The summed E-state index contributed by atoms with van der Waals surface area (Å²) in [4.78, 5) is 16.1. The lowest BCUT2D eigenvalue weighted by Crippen LogP contribution is -2.48. The fourth-order valence-corrected chi connectivity index (χ4v) is 2.82.